The van der Waals surface area contributed by atoms with Crippen LogP contribution in [0.3, 0.4) is 0 Å². The van der Waals surface area contributed by atoms with Gasteiger partial charge in [-0.25, -0.2) is 29.5 Å². The number of nitrogens with zero attached hydrogens (tertiary/aromatic N) is 8. The number of hydrogen-bond acceptors (Lipinski definition) is 19. The first-order chi connectivity index (χ1) is 47.0. The molecule has 9 heterocycles. The van der Waals surface area contributed by atoms with Crippen molar-refractivity contribution in [2.24, 2.45) is 11.5 Å². The van der Waals surface area contributed by atoms with E-state index in [1.165, 1.54) is 60.4 Å². The van der Waals surface area contributed by atoms with Crippen LogP contribution in [0.1, 0.15) is 139 Å². The Balaban J connectivity index is 0.000000305. The summed E-state index contributed by atoms with van der Waals surface area (Å²) in [5, 5.41) is 23.9. The van der Waals surface area contributed by atoms with Gasteiger partial charge in [0.2, 0.25) is 0 Å². The van der Waals surface area contributed by atoms with Crippen molar-refractivity contribution >= 4 is 67.8 Å². The van der Waals surface area contributed by atoms with E-state index in [0.29, 0.717) is 37.4 Å². The topological polar surface area (TPSA) is 267 Å². The van der Waals surface area contributed by atoms with Gasteiger partial charge in [-0.2, -0.15) is 0 Å². The molecule has 2 aromatic carbocycles. The molecule has 21 nitrogen and oxygen atoms in total. The molecule has 0 aliphatic carbocycles. The summed E-state index contributed by atoms with van der Waals surface area (Å²) in [7, 11) is 0. The third kappa shape index (κ3) is 41.6. The zero-order valence-corrected chi connectivity index (χ0v) is 66.1. The SMILES string of the molecule is CC(=O)OBr.CC(C)(C)[O-].CCOC(=O)N1CCC(N)CC1.CCOC(=O)N1CCC(Nc2ccc(C)cn2)CC1.Cc1ccc(Br)nc1.Cc1ccc(NC2CCN(Cc3ccccc3)CC2)nc1.Cc1ccc(NC2CCNCC2)nc1.NC1CCN(Cc2ccccc2)CC1.[Na+]. The fourth-order valence-electron chi connectivity index (χ4n) is 10.5. The molecule has 2 amide bonds. The molecule has 5 aliphatic rings. The number of aromatic nitrogens is 4. The number of hydrogen-bond donors (Lipinski definition) is 6. The number of likely N-dealkylation sites (tertiary alicyclic amines) is 4. The predicted octanol–water partition coefficient (Wildman–Crippen LogP) is 9.78. The number of carbonyl (C=O) groups is 3. The molecule has 6 aromatic rings. The molecular formula is C75H113Br2N14NaO7. The zero-order valence-electron chi connectivity index (χ0n) is 60.9. The van der Waals surface area contributed by atoms with Gasteiger partial charge in [-0.05, 0) is 206 Å². The number of ether oxygens (including phenoxy) is 2. The van der Waals surface area contributed by atoms with Crippen molar-refractivity contribution in [2.75, 3.05) is 94.6 Å². The van der Waals surface area contributed by atoms with E-state index < -0.39 is 5.60 Å². The number of benzene rings is 2. The van der Waals surface area contributed by atoms with Gasteiger partial charge >= 0.3 is 47.7 Å². The van der Waals surface area contributed by atoms with E-state index in [2.05, 4.69) is 186 Å². The average Bonchev–Trinajstić information content (AvgIpc) is 1.04. The van der Waals surface area contributed by atoms with E-state index in [0.717, 1.165) is 145 Å². The molecule has 0 atom stereocenters. The van der Waals surface area contributed by atoms with E-state index in [1.807, 2.05) is 76.7 Å². The molecule has 0 bridgehead atoms. The minimum Gasteiger partial charge on any atom is -0.850 e. The monoisotopic (exact) mass is 1500 g/mol. The quantitative estimate of drug-likeness (QED) is 0.0491. The second kappa shape index (κ2) is 50.5. The molecule has 540 valence electrons. The second-order valence-corrected chi connectivity index (χ2v) is 27.2. The first-order valence-electron chi connectivity index (χ1n) is 34.7. The Bertz CT molecular complexity index is 3010. The summed E-state index contributed by atoms with van der Waals surface area (Å²) in [5.74, 6) is 2.58. The fraction of sp³-hybridized carbons (Fsp3) is 0.533. The summed E-state index contributed by atoms with van der Waals surface area (Å²) in [5.41, 5.74) is 18.4. The third-order valence-corrected chi connectivity index (χ3v) is 16.8. The molecule has 24 heteroatoms. The Labute approximate surface area is 630 Å². The first kappa shape index (κ1) is 87.4. The standard InChI is InChI=1S/C18H23N3.C14H21N3O2.C12H18N2.C11H17N3.C8H16N2O2.C6H6BrN.C4H9O.C2H3BrO2.Na/c1-15-7-8-18(19-13-15)20-17-9-11-21(12-10-17)14-16-5-3-2-4-6-16;1-3-19-14(18)17-8-6-12(7-9-17)16-13-5-4-11(2)10-15-13;13-12-6-8-14(9-7-12)10-11-4-2-1-3-5-11;1-9-2-3-11(13-8-9)14-10-4-6-12-7-5-10;1-2-12-8(11)10-5-3-7(9)4-6-10;1-5-2-3-6(7)8-4-5;1-4(2,3)5;1-2(4)5-3;/h2-8,13,17H,9-12,14H2,1H3,(H,19,20);4-5,10,12H,3,6-9H2,1-2H3,(H,15,16);1-5,12H,6-10,13H2;2-3,8,10,12H,4-7H2,1H3,(H,13,14);7H,2-6,9H2,1H3;2-4H,1H3;1-3H3;1H3;/q;;;;;;-1;;+1. The van der Waals surface area contributed by atoms with E-state index in [-0.39, 0.29) is 53.8 Å². The van der Waals surface area contributed by atoms with Crippen LogP contribution < -0.4 is 67.4 Å². The van der Waals surface area contributed by atoms with Crippen LogP contribution in [-0.4, -0.2) is 172 Å². The molecule has 5 saturated heterocycles. The van der Waals surface area contributed by atoms with Crippen molar-refractivity contribution in [2.45, 2.75) is 182 Å². The van der Waals surface area contributed by atoms with E-state index in [9.17, 15) is 19.5 Å². The maximum atomic E-state index is 11.6. The minimum atomic E-state index is -0.750. The van der Waals surface area contributed by atoms with Crippen LogP contribution in [0.2, 0.25) is 0 Å². The molecule has 0 radical (unpaired) electrons. The number of rotatable bonds is 12. The molecule has 0 unspecified atom stereocenters. The summed E-state index contributed by atoms with van der Waals surface area (Å²) < 4.78 is 14.7. The molecule has 0 spiro atoms. The van der Waals surface area contributed by atoms with Gasteiger partial charge in [0, 0.05) is 114 Å². The van der Waals surface area contributed by atoms with Crippen molar-refractivity contribution < 1.29 is 62.3 Å². The number of nitrogens with one attached hydrogen (secondary N) is 4. The van der Waals surface area contributed by atoms with E-state index in [4.69, 9.17) is 20.9 Å². The van der Waals surface area contributed by atoms with Gasteiger partial charge in [0.1, 0.15) is 22.1 Å². The van der Waals surface area contributed by atoms with Crippen LogP contribution in [0, 0.1) is 27.7 Å². The third-order valence-electron chi connectivity index (χ3n) is 15.9. The Morgan fingerprint density at radius 1 is 0.515 bits per heavy atom. The summed E-state index contributed by atoms with van der Waals surface area (Å²) in [6.45, 7) is 30.8. The largest absolute Gasteiger partial charge is 1.00 e. The van der Waals surface area contributed by atoms with Crippen molar-refractivity contribution in [1.82, 2.24) is 44.9 Å². The van der Waals surface area contributed by atoms with Crippen molar-refractivity contribution in [3.05, 3.63) is 172 Å². The molecule has 5 aliphatic heterocycles. The van der Waals surface area contributed by atoms with Crippen LogP contribution in [0.25, 0.3) is 0 Å². The number of amides is 2. The molecule has 5 fully saturated rings. The maximum absolute atomic E-state index is 11.6. The fourth-order valence-corrected chi connectivity index (χ4v) is 10.7. The van der Waals surface area contributed by atoms with Gasteiger partial charge in [-0.15, -0.1) is 5.60 Å². The minimum absolute atomic E-state index is 0. The second-order valence-electron chi connectivity index (χ2n) is 26.1. The van der Waals surface area contributed by atoms with Gasteiger partial charge < -0.3 is 60.9 Å². The number of anilines is 3. The number of pyridine rings is 4. The van der Waals surface area contributed by atoms with E-state index >= 15 is 0 Å². The molecule has 4 aromatic heterocycles. The van der Waals surface area contributed by atoms with Gasteiger partial charge in [0.15, 0.2) is 16.3 Å². The van der Waals surface area contributed by atoms with E-state index in [1.54, 1.807) is 30.6 Å². The van der Waals surface area contributed by atoms with Crippen LogP contribution in [0.4, 0.5) is 27.0 Å². The van der Waals surface area contributed by atoms with Gasteiger partial charge in [0.25, 0.3) is 0 Å². The smallest absolute Gasteiger partial charge is 0.850 e. The Morgan fingerprint density at radius 2 is 0.818 bits per heavy atom. The summed E-state index contributed by atoms with van der Waals surface area (Å²) in [6, 6.07) is 39.9. The number of aryl methyl sites for hydroxylation is 4. The molecule has 8 N–H and O–H groups in total. The molecule has 11 rings (SSSR count). The number of carbonyl (C=O) groups excluding carboxylic acids is 3. The summed E-state index contributed by atoms with van der Waals surface area (Å²) in [4.78, 5) is 57.9. The Morgan fingerprint density at radius 3 is 1.12 bits per heavy atom. The predicted molar refractivity (Wildman–Crippen MR) is 402 cm³/mol. The Kier molecular flexibility index (Phi) is 44.6. The van der Waals surface area contributed by atoms with Crippen molar-refractivity contribution in [3.8, 4) is 0 Å². The van der Waals surface area contributed by atoms with Crippen LogP contribution in [0.15, 0.2) is 139 Å². The summed E-state index contributed by atoms with van der Waals surface area (Å²) in [6.07, 6.45) is 17.8. The molecular weight excluding hydrogens is 1390 g/mol. The summed E-state index contributed by atoms with van der Waals surface area (Å²) >= 11 is 5.70. The number of nitrogens with two attached hydrogens (primary N) is 2. The van der Waals surface area contributed by atoms with Gasteiger partial charge in [-0.3, -0.25) is 14.6 Å². The molecule has 0 saturated carbocycles. The number of halogens is 2. The average molecular weight is 1510 g/mol. The van der Waals surface area contributed by atoms with Crippen LogP contribution >= 0.6 is 32.2 Å². The van der Waals surface area contributed by atoms with Crippen molar-refractivity contribution in [3.63, 3.8) is 0 Å². The van der Waals surface area contributed by atoms with Crippen molar-refractivity contribution in [1.29, 1.82) is 0 Å². The maximum Gasteiger partial charge on any atom is 1.00 e. The first-order valence-corrected chi connectivity index (χ1v) is 36.1. The normalized spacial score (nSPS) is 16.1. The zero-order chi connectivity index (χ0) is 71.5. The van der Waals surface area contributed by atoms with Gasteiger partial charge in [-0.1, -0.05) is 106 Å². The Hall–Kier alpha value is -5.83. The van der Waals surface area contributed by atoms with Crippen LogP contribution in [0.5, 0.6) is 0 Å². The van der Waals surface area contributed by atoms with Gasteiger partial charge in [0.05, 0.1) is 13.2 Å². The molecule has 99 heavy (non-hydrogen) atoms. The number of piperidine rings is 5. The van der Waals surface area contributed by atoms with Crippen LogP contribution in [-0.2, 0) is 31.2 Å².